The van der Waals surface area contributed by atoms with Crippen molar-refractivity contribution in [2.24, 2.45) is 0 Å². The molecule has 0 saturated heterocycles. The van der Waals surface area contributed by atoms with Crippen LogP contribution in [-0.2, 0) is 11.3 Å². The summed E-state index contributed by atoms with van der Waals surface area (Å²) < 4.78 is 0. The number of hydrogen-bond acceptors (Lipinski definition) is 3. The van der Waals surface area contributed by atoms with Crippen LogP contribution >= 0.6 is 0 Å². The molecule has 1 amide bonds. The van der Waals surface area contributed by atoms with E-state index in [0.717, 1.165) is 5.56 Å². The Hall–Kier alpha value is -1.68. The van der Waals surface area contributed by atoms with Gasteiger partial charge < -0.3 is 10.0 Å². The fourth-order valence-electron chi connectivity index (χ4n) is 1.27. The van der Waals surface area contributed by atoms with Crippen LogP contribution in [0.25, 0.3) is 0 Å². The fraction of sp³-hybridized carbons (Fsp3) is 0.333. The first kappa shape index (κ1) is 12.4. The van der Waals surface area contributed by atoms with Gasteiger partial charge in [0.05, 0.1) is 0 Å². The number of amides is 1. The van der Waals surface area contributed by atoms with E-state index in [1.165, 1.54) is 6.92 Å². The topological polar surface area (TPSA) is 57.6 Å². The number of Topliss-reactive ketones (excluding diaryl/α,β-unsaturated/α-hetero) is 1. The first-order valence-electron chi connectivity index (χ1n) is 4.99. The second-order valence-electron chi connectivity index (χ2n) is 3.65. The van der Waals surface area contributed by atoms with E-state index < -0.39 is 6.61 Å². The summed E-state index contributed by atoms with van der Waals surface area (Å²) >= 11 is 0. The second-order valence-corrected chi connectivity index (χ2v) is 3.65. The minimum absolute atomic E-state index is 0.00416. The normalized spacial score (nSPS) is 9.94. The molecule has 0 aliphatic heterocycles. The predicted octanol–water partition coefficient (Wildman–Crippen LogP) is 0.840. The number of nitrogens with zero attached hydrogens (tertiary/aromatic N) is 1. The molecule has 16 heavy (non-hydrogen) atoms. The Kier molecular flexibility index (Phi) is 4.19. The van der Waals surface area contributed by atoms with Crippen molar-refractivity contribution in [3.05, 3.63) is 35.4 Å². The van der Waals surface area contributed by atoms with Gasteiger partial charge in [0.15, 0.2) is 5.78 Å². The number of benzene rings is 1. The molecule has 0 unspecified atom stereocenters. The van der Waals surface area contributed by atoms with E-state index in [2.05, 4.69) is 0 Å². The number of carbonyl (C=O) groups is 2. The first-order chi connectivity index (χ1) is 7.54. The highest BCUT2D eigenvalue weighted by Gasteiger charge is 2.06. The molecule has 4 nitrogen and oxygen atoms in total. The van der Waals surface area contributed by atoms with Crippen LogP contribution in [0.3, 0.4) is 0 Å². The number of hydrogen-bond donors (Lipinski definition) is 1. The van der Waals surface area contributed by atoms with Crippen molar-refractivity contribution in [3.63, 3.8) is 0 Å². The van der Waals surface area contributed by atoms with Gasteiger partial charge in [0.2, 0.25) is 5.91 Å². The van der Waals surface area contributed by atoms with Gasteiger partial charge in [-0.15, -0.1) is 0 Å². The van der Waals surface area contributed by atoms with E-state index in [4.69, 9.17) is 5.11 Å². The molecule has 0 bridgehead atoms. The summed E-state index contributed by atoms with van der Waals surface area (Å²) in [4.78, 5) is 23.7. The summed E-state index contributed by atoms with van der Waals surface area (Å²) in [5.74, 6) is -0.304. The molecule has 0 spiro atoms. The molecule has 0 heterocycles. The Labute approximate surface area is 94.5 Å². The standard InChI is InChI=1S/C12H15NO3/c1-9(15)13(2)7-10-3-5-11(6-4-10)12(16)8-14/h3-6,14H,7-8H2,1-2H3. The van der Waals surface area contributed by atoms with Gasteiger partial charge >= 0.3 is 0 Å². The van der Waals surface area contributed by atoms with Crippen LogP contribution in [0.2, 0.25) is 0 Å². The summed E-state index contributed by atoms with van der Waals surface area (Å²) in [6.07, 6.45) is 0. The third kappa shape index (κ3) is 3.17. The number of aliphatic hydroxyl groups is 1. The van der Waals surface area contributed by atoms with Gasteiger partial charge in [-0.25, -0.2) is 0 Å². The molecule has 0 fully saturated rings. The van der Waals surface area contributed by atoms with Gasteiger partial charge in [-0.05, 0) is 5.56 Å². The summed E-state index contributed by atoms with van der Waals surface area (Å²) in [7, 11) is 1.72. The zero-order valence-electron chi connectivity index (χ0n) is 9.43. The Morgan fingerprint density at radius 3 is 2.25 bits per heavy atom. The van der Waals surface area contributed by atoms with Crippen molar-refractivity contribution in [1.82, 2.24) is 4.90 Å². The zero-order chi connectivity index (χ0) is 12.1. The summed E-state index contributed by atoms with van der Waals surface area (Å²) in [6.45, 7) is 1.54. The average Bonchev–Trinajstić information content (AvgIpc) is 2.28. The highest BCUT2D eigenvalue weighted by Crippen LogP contribution is 2.07. The van der Waals surface area contributed by atoms with Gasteiger partial charge in [0.1, 0.15) is 6.61 Å². The third-order valence-electron chi connectivity index (χ3n) is 2.38. The molecule has 1 aromatic carbocycles. The molecule has 0 aliphatic carbocycles. The van der Waals surface area contributed by atoms with E-state index in [1.54, 1.807) is 36.2 Å². The predicted molar refractivity (Wildman–Crippen MR) is 60.0 cm³/mol. The maximum Gasteiger partial charge on any atom is 0.219 e. The van der Waals surface area contributed by atoms with Crippen molar-refractivity contribution in [3.8, 4) is 0 Å². The minimum Gasteiger partial charge on any atom is -0.388 e. The fourth-order valence-corrected chi connectivity index (χ4v) is 1.27. The smallest absolute Gasteiger partial charge is 0.219 e. The van der Waals surface area contributed by atoms with E-state index in [0.29, 0.717) is 12.1 Å². The van der Waals surface area contributed by atoms with Crippen molar-refractivity contribution in [2.75, 3.05) is 13.7 Å². The number of carbonyl (C=O) groups excluding carboxylic acids is 2. The van der Waals surface area contributed by atoms with Crippen molar-refractivity contribution in [2.45, 2.75) is 13.5 Å². The average molecular weight is 221 g/mol. The second kappa shape index (κ2) is 5.42. The van der Waals surface area contributed by atoms with Gasteiger partial charge in [-0.2, -0.15) is 0 Å². The maximum atomic E-state index is 11.1. The largest absolute Gasteiger partial charge is 0.388 e. The van der Waals surface area contributed by atoms with Crippen molar-refractivity contribution < 1.29 is 14.7 Å². The van der Waals surface area contributed by atoms with Gasteiger partial charge in [0.25, 0.3) is 0 Å². The van der Waals surface area contributed by atoms with Crippen LogP contribution in [0.5, 0.6) is 0 Å². The number of rotatable bonds is 4. The van der Waals surface area contributed by atoms with Crippen LogP contribution in [0.1, 0.15) is 22.8 Å². The van der Waals surface area contributed by atoms with E-state index >= 15 is 0 Å². The van der Waals surface area contributed by atoms with Crippen molar-refractivity contribution >= 4 is 11.7 Å². The molecule has 0 aliphatic rings. The first-order valence-corrected chi connectivity index (χ1v) is 4.99. The van der Waals surface area contributed by atoms with Crippen LogP contribution in [0, 0.1) is 0 Å². The lowest BCUT2D eigenvalue weighted by Crippen LogP contribution is -2.23. The molecule has 0 saturated carbocycles. The third-order valence-corrected chi connectivity index (χ3v) is 2.38. The lowest BCUT2D eigenvalue weighted by molar-refractivity contribution is -0.128. The monoisotopic (exact) mass is 221 g/mol. The van der Waals surface area contributed by atoms with E-state index in [-0.39, 0.29) is 11.7 Å². The highest BCUT2D eigenvalue weighted by atomic mass is 16.3. The minimum atomic E-state index is -0.479. The molecule has 4 heteroatoms. The molecule has 86 valence electrons. The molecule has 0 radical (unpaired) electrons. The summed E-state index contributed by atoms with van der Waals surface area (Å²) in [6, 6.07) is 6.87. The summed E-state index contributed by atoms with van der Waals surface area (Å²) in [5.41, 5.74) is 1.43. The van der Waals surface area contributed by atoms with Crippen LogP contribution < -0.4 is 0 Å². The maximum absolute atomic E-state index is 11.1. The van der Waals surface area contributed by atoms with E-state index in [1.807, 2.05) is 0 Å². The molecule has 1 rings (SSSR count). The molecular weight excluding hydrogens is 206 g/mol. The quantitative estimate of drug-likeness (QED) is 0.766. The summed E-state index contributed by atoms with van der Waals surface area (Å²) in [5, 5.41) is 8.67. The SMILES string of the molecule is CC(=O)N(C)Cc1ccc(C(=O)CO)cc1. The molecular formula is C12H15NO3. The lowest BCUT2D eigenvalue weighted by atomic mass is 10.1. The molecule has 1 N–H and O–H groups in total. The van der Waals surface area contributed by atoms with Gasteiger partial charge in [-0.3, -0.25) is 9.59 Å². The zero-order valence-corrected chi connectivity index (χ0v) is 9.43. The molecule has 0 atom stereocenters. The van der Waals surface area contributed by atoms with E-state index in [9.17, 15) is 9.59 Å². The van der Waals surface area contributed by atoms with Crippen LogP contribution in [-0.4, -0.2) is 35.4 Å². The van der Waals surface area contributed by atoms with Crippen LogP contribution in [0.15, 0.2) is 24.3 Å². The van der Waals surface area contributed by atoms with Gasteiger partial charge in [0, 0.05) is 26.1 Å². The molecule has 0 aromatic heterocycles. The Morgan fingerprint density at radius 1 is 1.25 bits per heavy atom. The van der Waals surface area contributed by atoms with Gasteiger partial charge in [-0.1, -0.05) is 24.3 Å². The van der Waals surface area contributed by atoms with Crippen LogP contribution in [0.4, 0.5) is 0 Å². The Morgan fingerprint density at radius 2 is 1.81 bits per heavy atom. The number of ketones is 1. The Balaban J connectivity index is 2.72. The Bertz CT molecular complexity index is 384. The lowest BCUT2D eigenvalue weighted by Gasteiger charge is -2.14. The highest BCUT2D eigenvalue weighted by molar-refractivity contribution is 5.96. The van der Waals surface area contributed by atoms with Crippen molar-refractivity contribution in [1.29, 1.82) is 0 Å². The molecule has 1 aromatic rings. The number of aliphatic hydroxyl groups excluding tert-OH is 1.